The summed E-state index contributed by atoms with van der Waals surface area (Å²) in [5.41, 5.74) is 1.65. The molecule has 1 aromatic heterocycles. The zero-order valence-corrected chi connectivity index (χ0v) is 7.65. The van der Waals surface area contributed by atoms with Gasteiger partial charge in [0.25, 0.3) is 0 Å². The number of hydrogen-bond donors (Lipinski definition) is 2. The lowest BCUT2D eigenvalue weighted by molar-refractivity contribution is 0.280. The Morgan fingerprint density at radius 3 is 2.85 bits per heavy atom. The van der Waals surface area contributed by atoms with Gasteiger partial charge in [-0.05, 0) is 6.92 Å². The first-order valence-corrected chi connectivity index (χ1v) is 3.91. The second-order valence-corrected chi connectivity index (χ2v) is 2.68. The first-order chi connectivity index (χ1) is 6.20. The number of rotatable bonds is 2. The average Bonchev–Trinajstić information content (AvgIpc) is 2.14. The third-order valence-corrected chi connectivity index (χ3v) is 1.79. The molecule has 1 aromatic rings. The van der Waals surface area contributed by atoms with Crippen LogP contribution >= 0.6 is 0 Å². The minimum atomic E-state index is -0.151. The maximum atomic E-state index is 9.58. The number of aliphatic imine (C=N–C) groups is 1. The lowest BCUT2D eigenvalue weighted by atomic mass is 10.1. The predicted octanol–water partition coefficient (Wildman–Crippen LogP) is 0.637. The third-order valence-electron chi connectivity index (χ3n) is 1.79. The molecule has 2 N–H and O–H groups in total. The van der Waals surface area contributed by atoms with E-state index in [1.54, 1.807) is 14.0 Å². The minimum Gasteiger partial charge on any atom is -0.505 e. The zero-order chi connectivity index (χ0) is 9.84. The quantitative estimate of drug-likeness (QED) is 0.519. The van der Waals surface area contributed by atoms with E-state index >= 15 is 0 Å². The monoisotopic (exact) mass is 181 g/mol. The fourth-order valence-electron chi connectivity index (χ4n) is 1.05. The number of nitrogens with zero attached hydrogens (tertiary/aromatic N) is 2. The summed E-state index contributed by atoms with van der Waals surface area (Å²) in [6.07, 6.45) is 3.04. The molecule has 70 valence electrons. The van der Waals surface area contributed by atoms with Crippen LogP contribution in [0.3, 0.4) is 0 Å². The number of hydrogen-bond acceptors (Lipinski definition) is 4. The van der Waals surface area contributed by atoms with E-state index in [9.17, 15) is 5.11 Å². The van der Waals surface area contributed by atoms with E-state index in [2.05, 4.69) is 9.98 Å². The Labute approximate surface area is 76.6 Å². The van der Waals surface area contributed by atoms with Crippen molar-refractivity contribution in [3.05, 3.63) is 23.0 Å². The lowest BCUT2D eigenvalue weighted by Gasteiger charge is -2.06. The van der Waals surface area contributed by atoms with Gasteiger partial charge in [0.1, 0.15) is 5.75 Å². The summed E-state index contributed by atoms with van der Waals surface area (Å²) in [5, 5.41) is 18.5. The van der Waals surface area contributed by atoms with E-state index in [1.165, 1.54) is 12.4 Å². The highest BCUT2D eigenvalue weighted by atomic mass is 16.3. The minimum absolute atomic E-state index is 0.0807. The van der Waals surface area contributed by atoms with Gasteiger partial charge >= 0.3 is 0 Å². The maximum absolute atomic E-state index is 9.58. The molecule has 0 radical (unpaired) electrons. The largest absolute Gasteiger partial charge is 0.505 e. The molecule has 4 nitrogen and oxygen atoms in total. The summed E-state index contributed by atoms with van der Waals surface area (Å²) in [7, 11) is 1.61. The van der Waals surface area contributed by atoms with Gasteiger partial charge in [0.2, 0.25) is 0 Å². The molecule has 0 amide bonds. The first-order valence-electron chi connectivity index (χ1n) is 3.91. The SMILES string of the molecule is C[15N]=Cc1c(CO)cnc(C)c1O. The maximum Gasteiger partial charge on any atom is 0.145 e. The Bertz CT molecular complexity index is 335. The van der Waals surface area contributed by atoms with Crippen molar-refractivity contribution < 1.29 is 10.2 Å². The molecule has 0 atom stereocenters. The van der Waals surface area contributed by atoms with Gasteiger partial charge in [0, 0.05) is 30.6 Å². The van der Waals surface area contributed by atoms with Gasteiger partial charge in [-0.1, -0.05) is 0 Å². The fourth-order valence-corrected chi connectivity index (χ4v) is 1.05. The van der Waals surface area contributed by atoms with Crippen molar-refractivity contribution in [3.8, 4) is 5.75 Å². The molecule has 0 saturated heterocycles. The van der Waals surface area contributed by atoms with E-state index in [4.69, 9.17) is 5.11 Å². The Hall–Kier alpha value is -1.42. The average molecular weight is 181 g/mol. The Morgan fingerprint density at radius 1 is 1.62 bits per heavy atom. The number of aliphatic hydroxyl groups is 1. The molecule has 0 aromatic carbocycles. The standard InChI is InChI=1S/C9H12N2O2/c1-6-9(13)8(4-10-2)7(5-12)3-11-6/h3-4,12-13H,5H2,1-2H3/i10+1. The highest BCUT2D eigenvalue weighted by Gasteiger charge is 2.08. The third kappa shape index (κ3) is 1.84. The van der Waals surface area contributed by atoms with E-state index in [-0.39, 0.29) is 12.4 Å². The molecule has 0 aliphatic heterocycles. The molecule has 0 fully saturated rings. The van der Waals surface area contributed by atoms with Crippen molar-refractivity contribution in [1.29, 1.82) is 0 Å². The van der Waals surface area contributed by atoms with Gasteiger partial charge in [-0.2, -0.15) is 0 Å². The van der Waals surface area contributed by atoms with Crippen molar-refractivity contribution in [2.45, 2.75) is 13.5 Å². The molecule has 0 unspecified atom stereocenters. The molecule has 1 rings (SSSR count). The van der Waals surface area contributed by atoms with Crippen LogP contribution in [0, 0.1) is 6.92 Å². The van der Waals surface area contributed by atoms with Gasteiger partial charge in [-0.3, -0.25) is 9.98 Å². The molecular formula is C9H12N2O2. The van der Waals surface area contributed by atoms with Crippen LogP contribution in [-0.4, -0.2) is 28.5 Å². The second-order valence-electron chi connectivity index (χ2n) is 2.68. The van der Waals surface area contributed by atoms with Crippen LogP contribution in [0.2, 0.25) is 0 Å². The molecule has 0 aliphatic rings. The molecule has 0 saturated carbocycles. The number of aromatic hydroxyl groups is 1. The van der Waals surface area contributed by atoms with Gasteiger partial charge in [-0.15, -0.1) is 0 Å². The topological polar surface area (TPSA) is 65.7 Å². The Morgan fingerprint density at radius 2 is 2.31 bits per heavy atom. The van der Waals surface area contributed by atoms with Crippen molar-refractivity contribution in [2.75, 3.05) is 7.05 Å². The summed E-state index contributed by atoms with van der Waals surface area (Å²) in [4.78, 5) is 7.71. The molecule has 1 heterocycles. The van der Waals surface area contributed by atoms with Crippen molar-refractivity contribution in [2.24, 2.45) is 4.99 Å². The smallest absolute Gasteiger partial charge is 0.145 e. The van der Waals surface area contributed by atoms with Crippen LogP contribution < -0.4 is 0 Å². The summed E-state index contributed by atoms with van der Waals surface area (Å²) in [5.74, 6) is 0.0807. The number of aliphatic hydroxyl groups excluding tert-OH is 1. The Kier molecular flexibility index (Phi) is 2.97. The molecular weight excluding hydrogens is 169 g/mol. The summed E-state index contributed by atoms with van der Waals surface area (Å²) < 4.78 is 0. The van der Waals surface area contributed by atoms with E-state index in [0.29, 0.717) is 16.8 Å². The second kappa shape index (κ2) is 4.00. The van der Waals surface area contributed by atoms with Crippen molar-refractivity contribution in [1.82, 2.24) is 4.98 Å². The summed E-state index contributed by atoms with van der Waals surface area (Å²) >= 11 is 0. The number of pyridine rings is 1. The van der Waals surface area contributed by atoms with Crippen LogP contribution in [0.15, 0.2) is 11.2 Å². The molecule has 13 heavy (non-hydrogen) atoms. The molecule has 0 aliphatic carbocycles. The van der Waals surface area contributed by atoms with Crippen LogP contribution in [0.25, 0.3) is 0 Å². The van der Waals surface area contributed by atoms with Crippen LogP contribution in [0.1, 0.15) is 16.8 Å². The molecule has 0 spiro atoms. The van der Waals surface area contributed by atoms with E-state index in [1.807, 2.05) is 0 Å². The van der Waals surface area contributed by atoms with E-state index < -0.39 is 0 Å². The van der Waals surface area contributed by atoms with Gasteiger partial charge in [-0.25, -0.2) is 0 Å². The van der Waals surface area contributed by atoms with Gasteiger partial charge < -0.3 is 10.2 Å². The summed E-state index contributed by atoms with van der Waals surface area (Å²) in [6.45, 7) is 1.55. The van der Waals surface area contributed by atoms with Crippen LogP contribution in [0.4, 0.5) is 0 Å². The first kappa shape index (κ1) is 9.67. The highest BCUT2D eigenvalue weighted by Crippen LogP contribution is 2.21. The van der Waals surface area contributed by atoms with Gasteiger partial charge in [0.05, 0.1) is 12.3 Å². The van der Waals surface area contributed by atoms with E-state index in [0.717, 1.165) is 0 Å². The Balaban J connectivity index is 3.32. The van der Waals surface area contributed by atoms with Crippen molar-refractivity contribution >= 4 is 6.21 Å². The predicted molar refractivity (Wildman–Crippen MR) is 50.1 cm³/mol. The number of aryl methyl sites for hydroxylation is 1. The molecule has 0 bridgehead atoms. The van der Waals surface area contributed by atoms with Gasteiger partial charge in [0.15, 0.2) is 0 Å². The van der Waals surface area contributed by atoms with Crippen LogP contribution in [0.5, 0.6) is 5.75 Å². The fraction of sp³-hybridized carbons (Fsp3) is 0.333. The lowest BCUT2D eigenvalue weighted by Crippen LogP contribution is -1.97. The highest BCUT2D eigenvalue weighted by molar-refractivity contribution is 5.85. The normalized spacial score (nSPS) is 11.0. The van der Waals surface area contributed by atoms with Crippen molar-refractivity contribution in [3.63, 3.8) is 0 Å². The summed E-state index contributed by atoms with van der Waals surface area (Å²) in [6, 6.07) is 0. The number of aromatic nitrogens is 1. The molecule has 4 heteroatoms. The van der Waals surface area contributed by atoms with Crippen LogP contribution in [-0.2, 0) is 6.61 Å². The zero-order valence-electron chi connectivity index (χ0n) is 7.65.